The van der Waals surface area contributed by atoms with Gasteiger partial charge in [0.1, 0.15) is 6.04 Å². The molecule has 2 saturated heterocycles. The van der Waals surface area contributed by atoms with Crippen LogP contribution in [-0.4, -0.2) is 41.8 Å². The van der Waals surface area contributed by atoms with Crippen molar-refractivity contribution in [2.75, 3.05) is 11.1 Å². The van der Waals surface area contributed by atoms with Crippen LogP contribution in [0.3, 0.4) is 0 Å². The molecule has 0 aliphatic carbocycles. The third-order valence-corrected chi connectivity index (χ3v) is 7.07. The van der Waals surface area contributed by atoms with E-state index in [0.29, 0.717) is 23.4 Å². The molecule has 9 heteroatoms. The van der Waals surface area contributed by atoms with Gasteiger partial charge in [0.2, 0.25) is 21.8 Å². The zero-order valence-corrected chi connectivity index (χ0v) is 15.0. The van der Waals surface area contributed by atoms with Crippen molar-refractivity contribution in [2.24, 2.45) is 5.14 Å². The predicted octanol–water partition coefficient (Wildman–Crippen LogP) is 1.03. The van der Waals surface area contributed by atoms with Crippen molar-refractivity contribution < 1.29 is 18.0 Å². The molecule has 24 heavy (non-hydrogen) atoms. The SMILES string of the molecule is Cc1ccc(NC(=O)C2CSC3(C)CCC(=O)N23)cc1S(N)(=O)=O. The van der Waals surface area contributed by atoms with Gasteiger partial charge in [-0.05, 0) is 38.0 Å². The van der Waals surface area contributed by atoms with Crippen LogP contribution >= 0.6 is 11.8 Å². The van der Waals surface area contributed by atoms with E-state index in [1.165, 1.54) is 6.07 Å². The Morgan fingerprint density at radius 2 is 2.17 bits per heavy atom. The first-order chi connectivity index (χ1) is 11.1. The first kappa shape index (κ1) is 17.2. The zero-order valence-electron chi connectivity index (χ0n) is 13.4. The Hall–Kier alpha value is -1.58. The summed E-state index contributed by atoms with van der Waals surface area (Å²) in [4.78, 5) is 26.0. The molecular formula is C15H19N3O4S2. The van der Waals surface area contributed by atoms with Gasteiger partial charge < -0.3 is 10.2 Å². The molecule has 2 aliphatic rings. The fourth-order valence-electron chi connectivity index (χ4n) is 3.22. The van der Waals surface area contributed by atoms with Crippen molar-refractivity contribution in [2.45, 2.75) is 42.5 Å². The number of anilines is 1. The molecule has 1 aromatic rings. The highest BCUT2D eigenvalue weighted by molar-refractivity contribution is 8.01. The Morgan fingerprint density at radius 3 is 2.83 bits per heavy atom. The second-order valence-electron chi connectivity index (χ2n) is 6.28. The van der Waals surface area contributed by atoms with Gasteiger partial charge in [0.05, 0.1) is 9.77 Å². The number of carbonyl (C=O) groups excluding carboxylic acids is 2. The van der Waals surface area contributed by atoms with E-state index in [2.05, 4.69) is 5.32 Å². The molecule has 0 saturated carbocycles. The summed E-state index contributed by atoms with van der Waals surface area (Å²) >= 11 is 1.60. The lowest BCUT2D eigenvalue weighted by Gasteiger charge is -2.29. The van der Waals surface area contributed by atoms with Crippen molar-refractivity contribution >= 4 is 39.3 Å². The Bertz CT molecular complexity index is 824. The highest BCUT2D eigenvalue weighted by Crippen LogP contribution is 2.47. The predicted molar refractivity (Wildman–Crippen MR) is 91.9 cm³/mol. The van der Waals surface area contributed by atoms with Gasteiger partial charge in [0.25, 0.3) is 0 Å². The molecule has 2 heterocycles. The van der Waals surface area contributed by atoms with Crippen molar-refractivity contribution in [3.63, 3.8) is 0 Å². The number of primary sulfonamides is 1. The molecule has 3 rings (SSSR count). The minimum Gasteiger partial charge on any atom is -0.324 e. The number of nitrogens with two attached hydrogens (primary N) is 1. The number of benzene rings is 1. The fraction of sp³-hybridized carbons (Fsp3) is 0.467. The number of amides is 2. The standard InChI is InChI=1S/C15H19N3O4S2/c1-9-3-4-10(7-12(9)24(16,21)22)17-14(20)11-8-23-15(2)6-5-13(19)18(11)15/h3-4,7,11H,5-6,8H2,1-2H3,(H,17,20)(H2,16,21,22). The van der Waals surface area contributed by atoms with E-state index in [0.717, 1.165) is 6.42 Å². The van der Waals surface area contributed by atoms with E-state index in [9.17, 15) is 18.0 Å². The maximum Gasteiger partial charge on any atom is 0.248 e. The lowest BCUT2D eigenvalue weighted by atomic mass is 10.2. The van der Waals surface area contributed by atoms with Gasteiger partial charge in [-0.25, -0.2) is 13.6 Å². The van der Waals surface area contributed by atoms with Crippen LogP contribution in [0.15, 0.2) is 23.1 Å². The Kier molecular flexibility index (Phi) is 4.13. The topological polar surface area (TPSA) is 110 Å². The van der Waals surface area contributed by atoms with E-state index >= 15 is 0 Å². The molecule has 2 unspecified atom stereocenters. The largest absolute Gasteiger partial charge is 0.324 e. The summed E-state index contributed by atoms with van der Waals surface area (Å²) in [6.45, 7) is 3.61. The fourth-order valence-corrected chi connectivity index (χ4v) is 5.46. The molecule has 2 amide bonds. The highest BCUT2D eigenvalue weighted by atomic mass is 32.2. The van der Waals surface area contributed by atoms with Crippen LogP contribution in [-0.2, 0) is 19.6 Å². The normalized spacial score (nSPS) is 26.5. The molecule has 0 radical (unpaired) electrons. The average molecular weight is 369 g/mol. The Morgan fingerprint density at radius 1 is 1.46 bits per heavy atom. The van der Waals surface area contributed by atoms with Crippen molar-refractivity contribution in [1.82, 2.24) is 4.90 Å². The van der Waals surface area contributed by atoms with Gasteiger partial charge in [-0.2, -0.15) is 0 Å². The van der Waals surface area contributed by atoms with Crippen molar-refractivity contribution in [1.29, 1.82) is 0 Å². The first-order valence-corrected chi connectivity index (χ1v) is 10.1. The second kappa shape index (κ2) is 5.75. The molecule has 2 atom stereocenters. The zero-order chi connectivity index (χ0) is 17.7. The van der Waals surface area contributed by atoms with E-state index in [1.807, 2.05) is 6.92 Å². The Labute approximate surface area is 145 Å². The number of rotatable bonds is 3. The molecular weight excluding hydrogens is 350 g/mol. The Balaban J connectivity index is 1.82. The number of aryl methyl sites for hydroxylation is 1. The van der Waals surface area contributed by atoms with E-state index in [1.54, 1.807) is 35.7 Å². The summed E-state index contributed by atoms with van der Waals surface area (Å²) in [5, 5.41) is 7.90. The lowest BCUT2D eigenvalue weighted by Crippen LogP contribution is -2.48. The molecule has 2 aliphatic heterocycles. The van der Waals surface area contributed by atoms with E-state index in [-0.39, 0.29) is 21.6 Å². The maximum absolute atomic E-state index is 12.6. The van der Waals surface area contributed by atoms with E-state index in [4.69, 9.17) is 5.14 Å². The third-order valence-electron chi connectivity index (χ3n) is 4.51. The minimum absolute atomic E-state index is 0.0169. The van der Waals surface area contributed by atoms with Gasteiger partial charge in [0.15, 0.2) is 0 Å². The number of hydrogen-bond donors (Lipinski definition) is 2. The first-order valence-electron chi connectivity index (χ1n) is 7.52. The maximum atomic E-state index is 12.6. The van der Waals surface area contributed by atoms with Gasteiger partial charge in [-0.3, -0.25) is 9.59 Å². The number of thioether (sulfide) groups is 1. The molecule has 2 fully saturated rings. The van der Waals surface area contributed by atoms with Crippen LogP contribution in [0.4, 0.5) is 5.69 Å². The van der Waals surface area contributed by atoms with Crippen LogP contribution in [0.5, 0.6) is 0 Å². The van der Waals surface area contributed by atoms with E-state index < -0.39 is 16.1 Å². The second-order valence-corrected chi connectivity index (χ2v) is 9.31. The van der Waals surface area contributed by atoms with Crippen LogP contribution in [0.1, 0.15) is 25.3 Å². The number of hydrogen-bond acceptors (Lipinski definition) is 5. The quantitative estimate of drug-likeness (QED) is 0.827. The van der Waals surface area contributed by atoms with Gasteiger partial charge in [-0.15, -0.1) is 11.8 Å². The monoisotopic (exact) mass is 369 g/mol. The summed E-state index contributed by atoms with van der Waals surface area (Å²) in [6.07, 6.45) is 1.19. The molecule has 0 spiro atoms. The number of fused-ring (bicyclic) bond motifs is 1. The molecule has 0 bridgehead atoms. The molecule has 3 N–H and O–H groups in total. The van der Waals surface area contributed by atoms with Gasteiger partial charge >= 0.3 is 0 Å². The summed E-state index contributed by atoms with van der Waals surface area (Å²) < 4.78 is 23.2. The van der Waals surface area contributed by atoms with Crippen molar-refractivity contribution in [3.8, 4) is 0 Å². The number of nitrogens with zero attached hydrogens (tertiary/aromatic N) is 1. The van der Waals surface area contributed by atoms with Crippen LogP contribution in [0, 0.1) is 6.92 Å². The van der Waals surface area contributed by atoms with Crippen LogP contribution < -0.4 is 10.5 Å². The summed E-state index contributed by atoms with van der Waals surface area (Å²) in [5.41, 5.74) is 0.856. The van der Waals surface area contributed by atoms with Crippen LogP contribution in [0.2, 0.25) is 0 Å². The molecule has 0 aromatic heterocycles. The van der Waals surface area contributed by atoms with Crippen LogP contribution in [0.25, 0.3) is 0 Å². The smallest absolute Gasteiger partial charge is 0.248 e. The number of nitrogens with one attached hydrogen (secondary N) is 1. The summed E-state index contributed by atoms with van der Waals surface area (Å²) in [6, 6.07) is 4.00. The highest BCUT2D eigenvalue weighted by Gasteiger charge is 2.52. The van der Waals surface area contributed by atoms with Gasteiger partial charge in [0, 0.05) is 17.9 Å². The summed E-state index contributed by atoms with van der Waals surface area (Å²) in [5.74, 6) is 0.199. The summed E-state index contributed by atoms with van der Waals surface area (Å²) in [7, 11) is -3.86. The molecule has 1 aromatic carbocycles. The van der Waals surface area contributed by atoms with Gasteiger partial charge in [-0.1, -0.05) is 6.07 Å². The minimum atomic E-state index is -3.86. The number of sulfonamides is 1. The van der Waals surface area contributed by atoms with Crippen molar-refractivity contribution in [3.05, 3.63) is 23.8 Å². The molecule has 7 nitrogen and oxygen atoms in total. The average Bonchev–Trinajstić information content (AvgIpc) is 2.97. The third kappa shape index (κ3) is 2.91. The number of carbonyl (C=O) groups is 2. The lowest BCUT2D eigenvalue weighted by molar-refractivity contribution is -0.135. The molecule has 130 valence electrons.